The molecule has 0 atom stereocenters. The molecule has 0 spiro atoms. The first-order valence-corrected chi connectivity index (χ1v) is 8.32. The zero-order valence-electron chi connectivity index (χ0n) is 14.6. The minimum Gasteiger partial charge on any atom is -0.469 e. The predicted molar refractivity (Wildman–Crippen MR) is 100 cm³/mol. The molecule has 7 nitrogen and oxygen atoms in total. The molecule has 1 amide bonds. The number of hydrogen-bond donors (Lipinski definition) is 2. The molecule has 26 heavy (non-hydrogen) atoms. The maximum Gasteiger partial charge on any atom is 0.309 e. The van der Waals surface area contributed by atoms with Crippen molar-refractivity contribution in [3.63, 3.8) is 0 Å². The fourth-order valence-electron chi connectivity index (χ4n) is 3.11. The number of nitrogens with one attached hydrogen (secondary N) is 2. The van der Waals surface area contributed by atoms with Crippen LogP contribution in [0.25, 0.3) is 0 Å². The number of methoxy groups -OCH3 is 1. The van der Waals surface area contributed by atoms with Gasteiger partial charge in [-0.25, -0.2) is 0 Å². The van der Waals surface area contributed by atoms with Gasteiger partial charge in [0.05, 0.1) is 13.5 Å². The summed E-state index contributed by atoms with van der Waals surface area (Å²) in [5.74, 6) is -0.359. The lowest BCUT2D eigenvalue weighted by Crippen LogP contribution is -2.52. The van der Waals surface area contributed by atoms with Crippen LogP contribution in [0.2, 0.25) is 0 Å². The van der Waals surface area contributed by atoms with Crippen molar-refractivity contribution in [3.8, 4) is 0 Å². The van der Waals surface area contributed by atoms with Crippen LogP contribution in [-0.2, 0) is 26.3 Å². The molecule has 1 aliphatic rings. The molecular weight excluding hydrogens is 356 g/mol. The van der Waals surface area contributed by atoms with Crippen molar-refractivity contribution >= 4 is 30.0 Å². The van der Waals surface area contributed by atoms with Gasteiger partial charge in [-0.1, -0.05) is 12.1 Å². The van der Waals surface area contributed by atoms with Crippen LogP contribution in [0.3, 0.4) is 0 Å². The van der Waals surface area contributed by atoms with E-state index in [2.05, 4.69) is 20.5 Å². The molecule has 1 saturated heterocycles. The van der Waals surface area contributed by atoms with E-state index in [4.69, 9.17) is 0 Å². The van der Waals surface area contributed by atoms with Gasteiger partial charge in [0, 0.05) is 18.1 Å². The number of ether oxygens (including phenoxy) is 1. The molecule has 0 saturated carbocycles. The zero-order chi connectivity index (χ0) is 17.7. The van der Waals surface area contributed by atoms with Gasteiger partial charge in [0.1, 0.15) is 5.54 Å². The van der Waals surface area contributed by atoms with Crippen LogP contribution in [0.15, 0.2) is 42.7 Å². The Morgan fingerprint density at radius 3 is 2.54 bits per heavy atom. The van der Waals surface area contributed by atoms with Crippen LogP contribution in [0.1, 0.15) is 18.4 Å². The van der Waals surface area contributed by atoms with E-state index in [0.717, 1.165) is 18.7 Å². The van der Waals surface area contributed by atoms with Crippen molar-refractivity contribution < 1.29 is 14.3 Å². The third-order valence-electron chi connectivity index (χ3n) is 4.58. The number of carbonyl (C=O) groups excluding carboxylic acids is 2. The van der Waals surface area contributed by atoms with E-state index in [9.17, 15) is 9.59 Å². The number of aromatic nitrogens is 2. The molecule has 8 heteroatoms. The van der Waals surface area contributed by atoms with E-state index >= 15 is 0 Å². The van der Waals surface area contributed by atoms with Gasteiger partial charge in [0.15, 0.2) is 0 Å². The number of nitrogens with zero attached hydrogens (tertiary/aromatic N) is 2. The van der Waals surface area contributed by atoms with Gasteiger partial charge in [0.2, 0.25) is 0 Å². The van der Waals surface area contributed by atoms with Gasteiger partial charge in [-0.3, -0.25) is 14.3 Å². The summed E-state index contributed by atoms with van der Waals surface area (Å²) in [5.41, 5.74) is 0.858. The first-order chi connectivity index (χ1) is 12.1. The quantitative estimate of drug-likeness (QED) is 0.774. The minimum atomic E-state index is -0.681. The summed E-state index contributed by atoms with van der Waals surface area (Å²) in [6.45, 7) is 1.54. The second kappa shape index (κ2) is 8.82. The van der Waals surface area contributed by atoms with Crippen molar-refractivity contribution in [2.45, 2.75) is 24.8 Å². The largest absolute Gasteiger partial charge is 0.469 e. The highest BCUT2D eigenvalue weighted by Crippen LogP contribution is 2.28. The molecule has 0 aliphatic carbocycles. The Morgan fingerprint density at radius 1 is 1.27 bits per heavy atom. The average Bonchev–Trinajstić information content (AvgIpc) is 3.19. The van der Waals surface area contributed by atoms with Crippen LogP contribution in [0, 0.1) is 0 Å². The molecule has 1 fully saturated rings. The van der Waals surface area contributed by atoms with E-state index in [1.807, 2.05) is 24.4 Å². The predicted octanol–water partition coefficient (Wildman–Crippen LogP) is 1.74. The Kier molecular flexibility index (Phi) is 6.76. The Labute approximate surface area is 158 Å². The molecule has 140 valence electrons. The van der Waals surface area contributed by atoms with E-state index in [-0.39, 0.29) is 30.7 Å². The first-order valence-electron chi connectivity index (χ1n) is 8.32. The molecule has 2 aromatic rings. The van der Waals surface area contributed by atoms with Crippen molar-refractivity contribution in [1.82, 2.24) is 15.1 Å². The second-order valence-corrected chi connectivity index (χ2v) is 6.14. The summed E-state index contributed by atoms with van der Waals surface area (Å²) in [4.78, 5) is 24.3. The number of piperidine rings is 1. The highest BCUT2D eigenvalue weighted by atomic mass is 35.5. The normalized spacial score (nSPS) is 15.6. The lowest BCUT2D eigenvalue weighted by atomic mass is 9.87. The van der Waals surface area contributed by atoms with E-state index in [0.29, 0.717) is 18.5 Å². The Balaban J connectivity index is 0.00000243. The highest BCUT2D eigenvalue weighted by molar-refractivity contribution is 5.96. The number of carbonyl (C=O) groups is 2. The van der Waals surface area contributed by atoms with Crippen molar-refractivity contribution in [1.29, 1.82) is 0 Å². The molecule has 1 aromatic carbocycles. The first kappa shape index (κ1) is 19.9. The molecule has 1 aliphatic heterocycles. The smallest absolute Gasteiger partial charge is 0.309 e. The summed E-state index contributed by atoms with van der Waals surface area (Å²) >= 11 is 0. The second-order valence-electron chi connectivity index (χ2n) is 6.14. The molecule has 2 heterocycles. The lowest BCUT2D eigenvalue weighted by Gasteiger charge is -2.36. The number of halogens is 1. The molecule has 0 unspecified atom stereocenters. The molecular formula is C18H23ClN4O3. The van der Waals surface area contributed by atoms with Crippen molar-refractivity contribution in [2.75, 3.05) is 25.5 Å². The summed E-state index contributed by atoms with van der Waals surface area (Å²) in [5, 5.41) is 10.6. The number of esters is 1. The minimum absolute atomic E-state index is 0. The number of amides is 1. The SMILES string of the molecule is COC(=O)Cc1ccc(NC(=O)C2(n3cccn3)CCNCC2)cc1.Cl. The number of benzene rings is 1. The summed E-state index contributed by atoms with van der Waals surface area (Å²) < 4.78 is 6.42. The molecule has 1 aromatic heterocycles. The summed E-state index contributed by atoms with van der Waals surface area (Å²) in [6, 6.07) is 9.06. The van der Waals surface area contributed by atoms with Crippen LogP contribution >= 0.6 is 12.4 Å². The van der Waals surface area contributed by atoms with Gasteiger partial charge in [-0.05, 0) is 49.7 Å². The average molecular weight is 379 g/mol. The maximum atomic E-state index is 13.0. The van der Waals surface area contributed by atoms with Gasteiger partial charge in [-0.2, -0.15) is 5.10 Å². The Morgan fingerprint density at radius 2 is 1.96 bits per heavy atom. The number of anilines is 1. The van der Waals surface area contributed by atoms with Gasteiger partial charge in [-0.15, -0.1) is 12.4 Å². The summed E-state index contributed by atoms with van der Waals surface area (Å²) in [7, 11) is 1.37. The third-order valence-corrected chi connectivity index (χ3v) is 4.58. The Hall–Kier alpha value is -2.38. The lowest BCUT2D eigenvalue weighted by molar-refractivity contribution is -0.139. The topological polar surface area (TPSA) is 85.2 Å². The van der Waals surface area contributed by atoms with Crippen LogP contribution in [0.4, 0.5) is 5.69 Å². The zero-order valence-corrected chi connectivity index (χ0v) is 15.4. The van der Waals surface area contributed by atoms with Gasteiger partial charge < -0.3 is 15.4 Å². The highest BCUT2D eigenvalue weighted by Gasteiger charge is 2.41. The molecule has 3 rings (SSSR count). The third kappa shape index (κ3) is 4.23. The van der Waals surface area contributed by atoms with Crippen molar-refractivity contribution in [3.05, 3.63) is 48.3 Å². The maximum absolute atomic E-state index is 13.0. The van der Waals surface area contributed by atoms with E-state index < -0.39 is 5.54 Å². The number of rotatable bonds is 5. The standard InChI is InChI=1S/C18H22N4O3.ClH/c1-25-16(23)13-14-3-5-15(6-4-14)21-17(24)18(7-10-19-11-8-18)22-12-2-9-20-22;/h2-6,9,12,19H,7-8,10-11,13H2,1H3,(H,21,24);1H. The van der Waals surface area contributed by atoms with E-state index in [1.165, 1.54) is 7.11 Å². The van der Waals surface area contributed by atoms with E-state index in [1.54, 1.807) is 23.0 Å². The van der Waals surface area contributed by atoms with Crippen LogP contribution < -0.4 is 10.6 Å². The monoisotopic (exact) mass is 378 g/mol. The van der Waals surface area contributed by atoms with Crippen molar-refractivity contribution in [2.24, 2.45) is 0 Å². The van der Waals surface area contributed by atoms with Crippen LogP contribution in [0.5, 0.6) is 0 Å². The van der Waals surface area contributed by atoms with Crippen LogP contribution in [-0.4, -0.2) is 41.9 Å². The summed E-state index contributed by atoms with van der Waals surface area (Å²) in [6.07, 6.45) is 5.11. The number of hydrogen-bond acceptors (Lipinski definition) is 5. The fraction of sp³-hybridized carbons (Fsp3) is 0.389. The molecule has 0 radical (unpaired) electrons. The molecule has 0 bridgehead atoms. The van der Waals surface area contributed by atoms with Gasteiger partial charge in [0.25, 0.3) is 5.91 Å². The molecule has 2 N–H and O–H groups in total. The fourth-order valence-corrected chi connectivity index (χ4v) is 3.11. The van der Waals surface area contributed by atoms with Gasteiger partial charge >= 0.3 is 5.97 Å². The Bertz CT molecular complexity index is 725.